The molecule has 3 aromatic rings. The van der Waals surface area contributed by atoms with Crippen molar-refractivity contribution in [2.75, 3.05) is 18.6 Å². The molecule has 1 amide bonds. The number of fused-ring (bicyclic) bond motifs is 1. The van der Waals surface area contributed by atoms with Crippen molar-refractivity contribution < 1.29 is 13.9 Å². The highest BCUT2D eigenvalue weighted by molar-refractivity contribution is 5.91. The van der Waals surface area contributed by atoms with Crippen molar-refractivity contribution in [2.45, 2.75) is 26.1 Å². The van der Waals surface area contributed by atoms with Gasteiger partial charge in [0.1, 0.15) is 12.4 Å². The minimum absolute atomic E-state index is 0.222. The van der Waals surface area contributed by atoms with Gasteiger partial charge in [0, 0.05) is 32.4 Å². The number of anilines is 1. The second-order valence-corrected chi connectivity index (χ2v) is 7.00. The zero-order valence-corrected chi connectivity index (χ0v) is 16.0. The summed E-state index contributed by atoms with van der Waals surface area (Å²) in [7, 11) is 1.59. The van der Waals surface area contributed by atoms with Gasteiger partial charge in [-0.05, 0) is 41.3 Å². The lowest BCUT2D eigenvalue weighted by Crippen LogP contribution is -2.22. The Morgan fingerprint density at radius 3 is 2.68 bits per heavy atom. The van der Waals surface area contributed by atoms with Gasteiger partial charge in [0.15, 0.2) is 5.76 Å². The number of amides is 1. The highest BCUT2D eigenvalue weighted by Gasteiger charge is 2.18. The van der Waals surface area contributed by atoms with Crippen molar-refractivity contribution >= 4 is 11.6 Å². The Morgan fingerprint density at radius 1 is 1.07 bits per heavy atom. The standard InChI is InChI=1S/C23H24N2O3/c1-27-16-20-10-11-22(28-20)23(26)24-14-17-6-8-18(9-7-17)15-25-13-12-19-4-2-3-5-21(19)25/h2-11H,12-16H2,1H3,(H,24,26). The normalized spacial score (nSPS) is 12.8. The minimum Gasteiger partial charge on any atom is -0.453 e. The monoisotopic (exact) mass is 376 g/mol. The number of benzene rings is 2. The Labute approximate surface area is 164 Å². The van der Waals surface area contributed by atoms with Gasteiger partial charge in [0.05, 0.1) is 0 Å². The lowest BCUT2D eigenvalue weighted by atomic mass is 10.1. The van der Waals surface area contributed by atoms with Crippen LogP contribution in [0.2, 0.25) is 0 Å². The van der Waals surface area contributed by atoms with Crippen molar-refractivity contribution in [3.05, 3.63) is 88.9 Å². The third-order valence-corrected chi connectivity index (χ3v) is 5.00. The SMILES string of the molecule is COCc1ccc(C(=O)NCc2ccc(CN3CCc4ccccc43)cc2)o1. The van der Waals surface area contributed by atoms with E-state index in [0.29, 0.717) is 24.7 Å². The molecule has 0 saturated heterocycles. The maximum Gasteiger partial charge on any atom is 0.287 e. The van der Waals surface area contributed by atoms with E-state index in [1.165, 1.54) is 16.8 Å². The van der Waals surface area contributed by atoms with Gasteiger partial charge >= 0.3 is 0 Å². The number of furan rings is 1. The predicted molar refractivity (Wildman–Crippen MR) is 108 cm³/mol. The molecule has 1 aliphatic heterocycles. The lowest BCUT2D eigenvalue weighted by molar-refractivity contribution is 0.0914. The average Bonchev–Trinajstić information content (AvgIpc) is 3.35. The first-order valence-corrected chi connectivity index (χ1v) is 9.49. The lowest BCUT2D eigenvalue weighted by Gasteiger charge is -2.19. The van der Waals surface area contributed by atoms with Crippen LogP contribution in [-0.4, -0.2) is 19.6 Å². The van der Waals surface area contributed by atoms with E-state index >= 15 is 0 Å². The summed E-state index contributed by atoms with van der Waals surface area (Å²) in [5, 5.41) is 2.89. The van der Waals surface area contributed by atoms with E-state index in [9.17, 15) is 4.79 Å². The predicted octanol–water partition coefficient (Wildman–Crippen LogP) is 3.92. The Kier molecular flexibility index (Phi) is 5.44. The fourth-order valence-electron chi connectivity index (χ4n) is 3.54. The summed E-state index contributed by atoms with van der Waals surface area (Å²) < 4.78 is 10.5. The molecule has 0 aliphatic carbocycles. The second kappa shape index (κ2) is 8.31. The van der Waals surface area contributed by atoms with Gasteiger partial charge in [-0.25, -0.2) is 0 Å². The number of carbonyl (C=O) groups is 1. The fourth-order valence-corrected chi connectivity index (χ4v) is 3.54. The highest BCUT2D eigenvalue weighted by atomic mass is 16.5. The number of rotatable bonds is 7. The molecule has 2 heterocycles. The summed E-state index contributed by atoms with van der Waals surface area (Å²) in [6.45, 7) is 2.78. The molecule has 144 valence electrons. The molecule has 28 heavy (non-hydrogen) atoms. The van der Waals surface area contributed by atoms with Gasteiger partial charge in [-0.15, -0.1) is 0 Å². The number of methoxy groups -OCH3 is 1. The highest BCUT2D eigenvalue weighted by Crippen LogP contribution is 2.28. The molecule has 1 aliphatic rings. The van der Waals surface area contributed by atoms with Crippen LogP contribution in [0.25, 0.3) is 0 Å². The molecule has 0 radical (unpaired) electrons. The second-order valence-electron chi connectivity index (χ2n) is 7.00. The molecule has 0 bridgehead atoms. The minimum atomic E-state index is -0.222. The average molecular weight is 376 g/mol. The fraction of sp³-hybridized carbons (Fsp3) is 0.261. The first-order chi connectivity index (χ1) is 13.7. The molecule has 4 rings (SSSR count). The number of hydrogen-bond acceptors (Lipinski definition) is 4. The Bertz CT molecular complexity index is 946. The zero-order valence-electron chi connectivity index (χ0n) is 16.0. The Morgan fingerprint density at radius 2 is 1.86 bits per heavy atom. The van der Waals surface area contributed by atoms with Gasteiger partial charge < -0.3 is 19.4 Å². The van der Waals surface area contributed by atoms with Crippen molar-refractivity contribution in [2.24, 2.45) is 0 Å². The van der Waals surface area contributed by atoms with Crippen LogP contribution in [0.5, 0.6) is 0 Å². The van der Waals surface area contributed by atoms with Gasteiger partial charge in [-0.2, -0.15) is 0 Å². The number of nitrogens with one attached hydrogen (secondary N) is 1. The molecular weight excluding hydrogens is 352 g/mol. The van der Waals surface area contributed by atoms with Crippen LogP contribution in [0.1, 0.15) is 33.0 Å². The quantitative estimate of drug-likeness (QED) is 0.679. The zero-order chi connectivity index (χ0) is 19.3. The van der Waals surface area contributed by atoms with Crippen molar-refractivity contribution in [1.29, 1.82) is 0 Å². The van der Waals surface area contributed by atoms with E-state index in [1.807, 2.05) is 0 Å². The maximum atomic E-state index is 12.2. The van der Waals surface area contributed by atoms with Crippen LogP contribution >= 0.6 is 0 Å². The summed E-state index contributed by atoms with van der Waals surface area (Å²) >= 11 is 0. The van der Waals surface area contributed by atoms with Crippen LogP contribution in [-0.2, 0) is 30.9 Å². The summed E-state index contributed by atoms with van der Waals surface area (Å²) in [6.07, 6.45) is 1.11. The first kappa shape index (κ1) is 18.3. The summed E-state index contributed by atoms with van der Waals surface area (Å²) in [5.74, 6) is 0.719. The van der Waals surface area contributed by atoms with Gasteiger partial charge in [-0.3, -0.25) is 4.79 Å². The largest absolute Gasteiger partial charge is 0.453 e. The molecule has 5 heteroatoms. The van der Waals surface area contributed by atoms with Crippen molar-refractivity contribution in [3.63, 3.8) is 0 Å². The van der Waals surface area contributed by atoms with E-state index in [1.54, 1.807) is 19.2 Å². The summed E-state index contributed by atoms with van der Waals surface area (Å²) in [4.78, 5) is 14.6. The topological polar surface area (TPSA) is 54.7 Å². The Balaban J connectivity index is 1.32. The number of hydrogen-bond donors (Lipinski definition) is 1. The van der Waals surface area contributed by atoms with E-state index in [0.717, 1.165) is 25.1 Å². The molecule has 0 saturated carbocycles. The van der Waals surface area contributed by atoms with E-state index in [-0.39, 0.29) is 5.91 Å². The first-order valence-electron chi connectivity index (χ1n) is 9.49. The molecule has 2 aromatic carbocycles. The molecular formula is C23H24N2O3. The number of ether oxygens (including phenoxy) is 1. The molecule has 1 aromatic heterocycles. The van der Waals surface area contributed by atoms with E-state index in [2.05, 4.69) is 58.7 Å². The van der Waals surface area contributed by atoms with E-state index < -0.39 is 0 Å². The smallest absolute Gasteiger partial charge is 0.287 e. The van der Waals surface area contributed by atoms with Crippen molar-refractivity contribution in [3.8, 4) is 0 Å². The van der Waals surface area contributed by atoms with E-state index in [4.69, 9.17) is 9.15 Å². The van der Waals surface area contributed by atoms with Crippen LogP contribution < -0.4 is 10.2 Å². The molecule has 0 unspecified atom stereocenters. The van der Waals surface area contributed by atoms with Crippen LogP contribution in [0.4, 0.5) is 5.69 Å². The number of para-hydroxylation sites is 1. The molecule has 0 fully saturated rings. The van der Waals surface area contributed by atoms with Gasteiger partial charge in [0.2, 0.25) is 0 Å². The number of nitrogens with zero attached hydrogens (tertiary/aromatic N) is 1. The Hall–Kier alpha value is -3.05. The molecule has 1 N–H and O–H groups in total. The molecule has 0 atom stereocenters. The summed E-state index contributed by atoms with van der Waals surface area (Å²) in [5.41, 5.74) is 5.09. The molecule has 5 nitrogen and oxygen atoms in total. The van der Waals surface area contributed by atoms with Gasteiger partial charge in [0.25, 0.3) is 5.91 Å². The molecule has 0 spiro atoms. The van der Waals surface area contributed by atoms with Crippen molar-refractivity contribution in [1.82, 2.24) is 5.32 Å². The van der Waals surface area contributed by atoms with Crippen LogP contribution in [0.15, 0.2) is 65.1 Å². The number of carbonyl (C=O) groups excluding carboxylic acids is 1. The third-order valence-electron chi connectivity index (χ3n) is 5.00. The van der Waals surface area contributed by atoms with Gasteiger partial charge in [-0.1, -0.05) is 42.5 Å². The maximum absolute atomic E-state index is 12.2. The summed E-state index contributed by atoms with van der Waals surface area (Å²) in [6, 6.07) is 20.4. The third kappa shape index (κ3) is 4.10. The van der Waals surface area contributed by atoms with Crippen LogP contribution in [0.3, 0.4) is 0 Å². The van der Waals surface area contributed by atoms with Crippen LogP contribution in [0, 0.1) is 0 Å².